The number of rotatable bonds is 17. The molecule has 1 aromatic heterocycles. The first-order valence-corrected chi connectivity index (χ1v) is 19.0. The largest absolute Gasteiger partial charge is 0.493 e. The molecule has 2 unspecified atom stereocenters. The molecule has 6 N–H and O–H groups in total. The summed E-state index contributed by atoms with van der Waals surface area (Å²) in [7, 11) is 0. The van der Waals surface area contributed by atoms with Gasteiger partial charge in [-0.25, -0.2) is 4.98 Å². The van der Waals surface area contributed by atoms with E-state index in [-0.39, 0.29) is 43.6 Å². The van der Waals surface area contributed by atoms with Crippen LogP contribution in [0.5, 0.6) is 5.75 Å². The molecule has 0 spiro atoms. The Balaban J connectivity index is 1.63. The first kappa shape index (κ1) is 40.3. The third kappa shape index (κ3) is 9.61. The predicted molar refractivity (Wildman–Crippen MR) is 202 cm³/mol. The Kier molecular flexibility index (Phi) is 13.8. The summed E-state index contributed by atoms with van der Waals surface area (Å²) in [5.74, 6) is -2.79. The number of nitrogens with two attached hydrogens (primary N) is 1. The highest BCUT2D eigenvalue weighted by molar-refractivity contribution is 6.04. The number of carbonyl (C=O) groups excluding carboxylic acids is 5. The number of hydrogen-bond donors (Lipinski definition) is 5. The van der Waals surface area contributed by atoms with Crippen molar-refractivity contribution in [2.24, 2.45) is 17.6 Å². The predicted octanol–water partition coefficient (Wildman–Crippen LogP) is 3.60. The minimum atomic E-state index is -2.04. The molecule has 13 heteroatoms. The number of aliphatic hydroxyl groups excluding tert-OH is 1. The van der Waals surface area contributed by atoms with Gasteiger partial charge in [0.1, 0.15) is 17.6 Å². The van der Waals surface area contributed by atoms with E-state index in [1.165, 1.54) is 19.4 Å². The summed E-state index contributed by atoms with van der Waals surface area (Å²) >= 11 is 0. The number of benzene rings is 2. The zero-order valence-corrected chi connectivity index (χ0v) is 31.5. The lowest BCUT2D eigenvalue weighted by Crippen LogP contribution is -2.70. The Morgan fingerprint density at radius 2 is 1.85 bits per heavy atom. The van der Waals surface area contributed by atoms with Gasteiger partial charge in [0, 0.05) is 42.9 Å². The van der Waals surface area contributed by atoms with Gasteiger partial charge in [0.05, 0.1) is 43.5 Å². The lowest BCUT2D eigenvalue weighted by molar-refractivity contribution is -0.161. The van der Waals surface area contributed by atoms with Crippen LogP contribution in [0.1, 0.15) is 98.8 Å². The van der Waals surface area contributed by atoms with Crippen LogP contribution in [0.2, 0.25) is 0 Å². The number of aromatic nitrogens is 2. The molecule has 1 aliphatic carbocycles. The van der Waals surface area contributed by atoms with Crippen molar-refractivity contribution in [3.05, 3.63) is 83.4 Å². The van der Waals surface area contributed by atoms with Gasteiger partial charge < -0.3 is 31.2 Å². The number of ether oxygens (including phenoxy) is 1. The number of aldehydes is 1. The second-order valence-corrected chi connectivity index (χ2v) is 15.2. The maximum Gasteiger partial charge on any atom is 0.247 e. The second kappa shape index (κ2) is 18.4. The molecule has 13 nitrogen and oxygen atoms in total. The van der Waals surface area contributed by atoms with Crippen LogP contribution in [-0.4, -0.2) is 86.8 Å². The molecule has 4 amide bonds. The van der Waals surface area contributed by atoms with Crippen LogP contribution < -0.4 is 21.1 Å². The normalized spacial score (nSPS) is 18.4. The van der Waals surface area contributed by atoms with E-state index in [1.807, 2.05) is 44.2 Å². The van der Waals surface area contributed by atoms with Gasteiger partial charge in [-0.1, -0.05) is 76.3 Å². The Labute approximate surface area is 316 Å². The molecule has 2 heterocycles. The van der Waals surface area contributed by atoms with Crippen molar-refractivity contribution in [2.45, 2.75) is 108 Å². The fourth-order valence-corrected chi connectivity index (χ4v) is 7.94. The number of imidazole rings is 1. The maximum atomic E-state index is 15.6. The van der Waals surface area contributed by atoms with Crippen molar-refractivity contribution in [1.29, 1.82) is 0 Å². The third-order valence-electron chi connectivity index (χ3n) is 10.7. The fraction of sp³-hybridized carbons (Fsp3) is 0.512. The molecule has 0 saturated heterocycles. The quantitative estimate of drug-likeness (QED) is 0.128. The van der Waals surface area contributed by atoms with E-state index in [0.717, 1.165) is 42.6 Å². The van der Waals surface area contributed by atoms with Crippen molar-refractivity contribution in [2.75, 3.05) is 13.2 Å². The molecule has 2 aromatic carbocycles. The first-order valence-electron chi connectivity index (χ1n) is 19.0. The second-order valence-electron chi connectivity index (χ2n) is 15.2. The van der Waals surface area contributed by atoms with Gasteiger partial charge in [0.2, 0.25) is 23.6 Å². The van der Waals surface area contributed by atoms with Crippen molar-refractivity contribution >= 4 is 29.9 Å². The van der Waals surface area contributed by atoms with Gasteiger partial charge in [0.25, 0.3) is 0 Å². The topological polar surface area (TPSA) is 197 Å². The summed E-state index contributed by atoms with van der Waals surface area (Å²) < 4.78 is 6.12. The summed E-state index contributed by atoms with van der Waals surface area (Å²) in [6.07, 6.45) is 7.30. The lowest BCUT2D eigenvalue weighted by atomic mass is 9.73. The van der Waals surface area contributed by atoms with E-state index < -0.39 is 47.4 Å². The van der Waals surface area contributed by atoms with E-state index in [2.05, 4.69) is 20.6 Å². The smallest absolute Gasteiger partial charge is 0.247 e. The Morgan fingerprint density at radius 3 is 2.50 bits per heavy atom. The van der Waals surface area contributed by atoms with Gasteiger partial charge in [0.15, 0.2) is 0 Å². The summed E-state index contributed by atoms with van der Waals surface area (Å²) in [4.78, 5) is 77.6. The Bertz CT molecular complexity index is 1740. The number of H-pyrrole nitrogens is 1. The Hall–Kier alpha value is -4.88. The molecule has 5 atom stereocenters. The molecule has 1 fully saturated rings. The molecule has 2 aliphatic rings. The number of nitrogens with one attached hydrogen (secondary N) is 3. The van der Waals surface area contributed by atoms with Crippen LogP contribution in [0, 0.1) is 11.8 Å². The number of nitrogens with zero attached hydrogens (tertiary/aromatic N) is 2. The highest BCUT2D eigenvalue weighted by atomic mass is 16.5. The summed E-state index contributed by atoms with van der Waals surface area (Å²) in [5, 5.41) is 17.7. The van der Waals surface area contributed by atoms with Gasteiger partial charge in [-0.05, 0) is 48.4 Å². The molecule has 5 rings (SSSR count). The molecule has 0 bridgehead atoms. The number of amides is 4. The molecular weight excluding hydrogens is 688 g/mol. The molecule has 0 radical (unpaired) electrons. The van der Waals surface area contributed by atoms with Crippen LogP contribution in [-0.2, 0) is 32.0 Å². The van der Waals surface area contributed by atoms with E-state index in [1.54, 1.807) is 18.2 Å². The number of carbonyl (C=O) groups is 5. The molecule has 290 valence electrons. The summed E-state index contributed by atoms with van der Waals surface area (Å²) in [5.41, 5.74) is 6.56. The minimum Gasteiger partial charge on any atom is -0.493 e. The number of imide groups is 1. The lowest BCUT2D eigenvalue weighted by Gasteiger charge is -2.46. The standard InChI is InChI=1S/C41H54N6O7/c1-26(2)21-44-38(51)19-36(50)35(18-29-12-8-5-9-13-29)46-40(53)41(20-31-22-43-25-45-31,33-24-54-37-15-14-30(23-48)16-32(33)37)47(27(3)49)39(52)34(42)17-28-10-6-4-7-11-28/h4,6-7,10-11,14-16,22-23,25-26,29,33-36,50H,5,8-9,12-13,17-21,24,42H2,1-3H3,(H,43,45)(H,44,51)(H,46,53)/t33?,34?,35-,36-,41-/m0/s1. The number of aromatic amines is 1. The highest BCUT2D eigenvalue weighted by Gasteiger charge is 2.58. The number of fused-ring (bicyclic) bond motifs is 1. The average molecular weight is 743 g/mol. The van der Waals surface area contributed by atoms with E-state index in [9.17, 15) is 24.3 Å². The summed E-state index contributed by atoms with van der Waals surface area (Å²) in [6, 6.07) is 11.8. The van der Waals surface area contributed by atoms with Crippen LogP contribution in [0.25, 0.3) is 0 Å². The van der Waals surface area contributed by atoms with Crippen LogP contribution in [0.15, 0.2) is 61.1 Å². The zero-order valence-electron chi connectivity index (χ0n) is 31.5. The number of aliphatic hydroxyl groups is 1. The first-order chi connectivity index (χ1) is 25.9. The highest BCUT2D eigenvalue weighted by Crippen LogP contribution is 2.46. The molecular formula is C41H54N6O7. The number of hydrogen-bond acceptors (Lipinski definition) is 9. The molecule has 54 heavy (non-hydrogen) atoms. The van der Waals surface area contributed by atoms with Gasteiger partial charge >= 0.3 is 0 Å². The van der Waals surface area contributed by atoms with Crippen molar-refractivity contribution in [3.63, 3.8) is 0 Å². The van der Waals surface area contributed by atoms with Crippen molar-refractivity contribution in [1.82, 2.24) is 25.5 Å². The Morgan fingerprint density at radius 1 is 1.11 bits per heavy atom. The average Bonchev–Trinajstić information content (AvgIpc) is 3.84. The van der Waals surface area contributed by atoms with E-state index in [0.29, 0.717) is 41.8 Å². The van der Waals surface area contributed by atoms with Gasteiger partial charge in [-0.15, -0.1) is 0 Å². The SMILES string of the molecule is CC(=O)N(C(=O)C(N)Cc1ccccc1)[C@](Cc1cnc[nH]1)(C(=O)N[C@@H](CC1CCCCC1)[C@@H](O)CC(=O)NCC(C)C)C1COc2ccc(C=O)cc21. The van der Waals surface area contributed by atoms with Crippen LogP contribution in [0.4, 0.5) is 0 Å². The monoisotopic (exact) mass is 742 g/mol. The van der Waals surface area contributed by atoms with E-state index in [4.69, 9.17) is 10.5 Å². The summed E-state index contributed by atoms with van der Waals surface area (Å²) in [6.45, 7) is 5.48. The minimum absolute atomic E-state index is 0.0900. The van der Waals surface area contributed by atoms with Crippen LogP contribution >= 0.6 is 0 Å². The molecule has 1 aliphatic heterocycles. The zero-order chi connectivity index (χ0) is 38.8. The molecule has 1 saturated carbocycles. The van der Waals surface area contributed by atoms with Gasteiger partial charge in [-0.2, -0.15) is 0 Å². The van der Waals surface area contributed by atoms with Crippen molar-refractivity contribution < 1.29 is 33.8 Å². The van der Waals surface area contributed by atoms with Crippen LogP contribution in [0.3, 0.4) is 0 Å². The van der Waals surface area contributed by atoms with Crippen molar-refractivity contribution in [3.8, 4) is 5.75 Å². The van der Waals surface area contributed by atoms with Gasteiger partial charge in [-0.3, -0.25) is 28.9 Å². The molecule has 3 aromatic rings. The van der Waals surface area contributed by atoms with E-state index >= 15 is 4.79 Å². The fourth-order valence-electron chi connectivity index (χ4n) is 7.94. The maximum absolute atomic E-state index is 15.6. The third-order valence-corrected chi connectivity index (χ3v) is 10.7.